The molecule has 2 aliphatic rings. The fourth-order valence-electron chi connectivity index (χ4n) is 3.64. The summed E-state index contributed by atoms with van der Waals surface area (Å²) in [5.41, 5.74) is -0.768. The highest BCUT2D eigenvalue weighted by Crippen LogP contribution is 2.33. The van der Waals surface area contributed by atoms with E-state index in [9.17, 15) is 9.59 Å². The molecule has 4 heteroatoms. The van der Waals surface area contributed by atoms with Gasteiger partial charge in [-0.25, -0.2) is 0 Å². The van der Waals surface area contributed by atoms with Crippen LogP contribution in [0.2, 0.25) is 0 Å². The molecule has 1 saturated heterocycles. The van der Waals surface area contributed by atoms with Gasteiger partial charge in [0.05, 0.1) is 0 Å². The Morgan fingerprint density at radius 2 is 1.86 bits per heavy atom. The number of nitrogens with one attached hydrogen (secondary N) is 1. The van der Waals surface area contributed by atoms with Crippen molar-refractivity contribution in [1.82, 2.24) is 10.2 Å². The van der Waals surface area contributed by atoms with E-state index in [1.807, 2.05) is 18.7 Å². The number of rotatable bonds is 4. The molecule has 4 nitrogen and oxygen atoms in total. The molecular weight excluding hydrogens is 264 g/mol. The van der Waals surface area contributed by atoms with Crippen molar-refractivity contribution >= 4 is 11.8 Å². The lowest BCUT2D eigenvalue weighted by Gasteiger charge is -2.47. The second kappa shape index (κ2) is 6.37. The maximum absolute atomic E-state index is 12.8. The zero-order valence-corrected chi connectivity index (χ0v) is 13.9. The first-order valence-corrected chi connectivity index (χ1v) is 8.50. The van der Waals surface area contributed by atoms with Crippen LogP contribution in [0.4, 0.5) is 0 Å². The molecule has 0 spiro atoms. The van der Waals surface area contributed by atoms with Crippen molar-refractivity contribution in [2.45, 2.75) is 77.8 Å². The molecule has 0 bridgehead atoms. The van der Waals surface area contributed by atoms with Crippen LogP contribution in [0.5, 0.6) is 0 Å². The molecule has 2 unspecified atom stereocenters. The minimum atomic E-state index is -0.768. The van der Waals surface area contributed by atoms with Crippen LogP contribution < -0.4 is 5.32 Å². The molecule has 0 aromatic heterocycles. The summed E-state index contributed by atoms with van der Waals surface area (Å²) in [4.78, 5) is 27.3. The van der Waals surface area contributed by atoms with Crippen LogP contribution in [-0.2, 0) is 9.59 Å². The Balaban J connectivity index is 2.24. The minimum absolute atomic E-state index is 0.0507. The highest BCUT2D eigenvalue weighted by atomic mass is 16.2. The maximum Gasteiger partial charge on any atom is 0.248 e. The van der Waals surface area contributed by atoms with Crippen molar-refractivity contribution in [3.8, 4) is 0 Å². The van der Waals surface area contributed by atoms with E-state index in [1.54, 1.807) is 0 Å². The van der Waals surface area contributed by atoms with E-state index in [-0.39, 0.29) is 17.9 Å². The van der Waals surface area contributed by atoms with Crippen molar-refractivity contribution in [3.63, 3.8) is 0 Å². The largest absolute Gasteiger partial charge is 0.340 e. The third-order valence-corrected chi connectivity index (χ3v) is 5.14. The Morgan fingerprint density at radius 1 is 1.24 bits per heavy atom. The van der Waals surface area contributed by atoms with E-state index in [1.165, 1.54) is 19.3 Å². The van der Waals surface area contributed by atoms with Crippen molar-refractivity contribution in [1.29, 1.82) is 0 Å². The second-order valence-corrected chi connectivity index (χ2v) is 7.43. The summed E-state index contributed by atoms with van der Waals surface area (Å²) < 4.78 is 0. The molecule has 0 radical (unpaired) electrons. The SMILES string of the molecule is CCC(C)CN1C(=O)C(C)(C)NC(=O)C1C1CCCCC1. The van der Waals surface area contributed by atoms with Gasteiger partial charge in [0, 0.05) is 6.54 Å². The van der Waals surface area contributed by atoms with Crippen LogP contribution in [0.15, 0.2) is 0 Å². The summed E-state index contributed by atoms with van der Waals surface area (Å²) in [7, 11) is 0. The first-order chi connectivity index (χ1) is 9.86. The van der Waals surface area contributed by atoms with E-state index in [4.69, 9.17) is 0 Å². The highest BCUT2D eigenvalue weighted by Gasteiger charge is 2.48. The molecule has 1 N–H and O–H groups in total. The number of hydrogen-bond donors (Lipinski definition) is 1. The summed E-state index contributed by atoms with van der Waals surface area (Å²) in [6.45, 7) is 8.62. The fourth-order valence-corrected chi connectivity index (χ4v) is 3.64. The number of amides is 2. The van der Waals surface area contributed by atoms with Crippen LogP contribution in [-0.4, -0.2) is 34.8 Å². The van der Waals surface area contributed by atoms with Gasteiger partial charge >= 0.3 is 0 Å². The van der Waals surface area contributed by atoms with Gasteiger partial charge in [0.25, 0.3) is 0 Å². The molecule has 0 aromatic rings. The molecule has 2 fully saturated rings. The van der Waals surface area contributed by atoms with Gasteiger partial charge in [0.2, 0.25) is 11.8 Å². The Kier molecular flexibility index (Phi) is 4.95. The number of hydrogen-bond acceptors (Lipinski definition) is 2. The quantitative estimate of drug-likeness (QED) is 0.866. The van der Waals surface area contributed by atoms with E-state index in [2.05, 4.69) is 19.2 Å². The summed E-state index contributed by atoms with van der Waals surface area (Å²) in [5.74, 6) is 0.900. The fraction of sp³-hybridized carbons (Fsp3) is 0.882. The molecule has 1 saturated carbocycles. The van der Waals surface area contributed by atoms with Crippen molar-refractivity contribution in [2.75, 3.05) is 6.54 Å². The Labute approximate surface area is 128 Å². The summed E-state index contributed by atoms with van der Waals surface area (Å²) in [5, 5.41) is 2.94. The normalized spacial score (nSPS) is 28.4. The molecule has 2 atom stereocenters. The molecule has 2 amide bonds. The monoisotopic (exact) mass is 294 g/mol. The van der Waals surface area contributed by atoms with Gasteiger partial charge in [-0.1, -0.05) is 39.5 Å². The lowest BCUT2D eigenvalue weighted by Crippen LogP contribution is -2.70. The molecule has 120 valence electrons. The van der Waals surface area contributed by atoms with Crippen LogP contribution in [0.3, 0.4) is 0 Å². The second-order valence-electron chi connectivity index (χ2n) is 7.43. The first-order valence-electron chi connectivity index (χ1n) is 8.50. The predicted molar refractivity (Wildman–Crippen MR) is 83.8 cm³/mol. The van der Waals surface area contributed by atoms with E-state index < -0.39 is 5.54 Å². The third kappa shape index (κ3) is 3.41. The van der Waals surface area contributed by atoms with Gasteiger partial charge in [-0.15, -0.1) is 0 Å². The average Bonchev–Trinajstić information content (AvgIpc) is 2.45. The maximum atomic E-state index is 12.8. The van der Waals surface area contributed by atoms with Gasteiger partial charge < -0.3 is 10.2 Å². The van der Waals surface area contributed by atoms with Crippen molar-refractivity contribution < 1.29 is 9.59 Å². The van der Waals surface area contributed by atoms with Crippen LogP contribution in [0.1, 0.15) is 66.2 Å². The van der Waals surface area contributed by atoms with Gasteiger partial charge in [0.1, 0.15) is 11.6 Å². The molecule has 0 aromatic carbocycles. The summed E-state index contributed by atoms with van der Waals surface area (Å²) in [6, 6.07) is -0.250. The number of nitrogens with zero attached hydrogens (tertiary/aromatic N) is 1. The molecule has 1 heterocycles. The topological polar surface area (TPSA) is 49.4 Å². The van der Waals surface area contributed by atoms with Gasteiger partial charge in [-0.3, -0.25) is 9.59 Å². The van der Waals surface area contributed by atoms with E-state index in [0.29, 0.717) is 18.4 Å². The molecule has 1 aliphatic heterocycles. The van der Waals surface area contributed by atoms with E-state index in [0.717, 1.165) is 19.3 Å². The Bertz CT molecular complexity index is 400. The van der Waals surface area contributed by atoms with Crippen molar-refractivity contribution in [3.05, 3.63) is 0 Å². The van der Waals surface area contributed by atoms with Gasteiger partial charge in [-0.2, -0.15) is 0 Å². The number of piperazine rings is 1. The number of carbonyl (C=O) groups is 2. The lowest BCUT2D eigenvalue weighted by molar-refractivity contribution is -0.157. The van der Waals surface area contributed by atoms with Crippen LogP contribution in [0, 0.1) is 11.8 Å². The third-order valence-electron chi connectivity index (χ3n) is 5.14. The summed E-state index contributed by atoms with van der Waals surface area (Å²) >= 11 is 0. The Hall–Kier alpha value is -1.06. The summed E-state index contributed by atoms with van der Waals surface area (Å²) in [6.07, 6.45) is 6.80. The standard InChI is InChI=1S/C17H30N2O2/c1-5-12(2)11-19-14(13-9-7-6-8-10-13)15(20)18-17(3,4)16(19)21/h12-14H,5-11H2,1-4H3,(H,18,20). The lowest BCUT2D eigenvalue weighted by atomic mass is 9.80. The first kappa shape index (κ1) is 16.3. The minimum Gasteiger partial charge on any atom is -0.340 e. The van der Waals surface area contributed by atoms with Gasteiger partial charge in [-0.05, 0) is 38.5 Å². The average molecular weight is 294 g/mol. The predicted octanol–water partition coefficient (Wildman–Crippen LogP) is 2.72. The van der Waals surface area contributed by atoms with Crippen LogP contribution >= 0.6 is 0 Å². The zero-order chi connectivity index (χ0) is 15.6. The van der Waals surface area contributed by atoms with Crippen LogP contribution in [0.25, 0.3) is 0 Å². The molecule has 2 rings (SSSR count). The highest BCUT2D eigenvalue weighted by molar-refractivity contribution is 5.99. The van der Waals surface area contributed by atoms with Crippen molar-refractivity contribution in [2.24, 2.45) is 11.8 Å². The van der Waals surface area contributed by atoms with E-state index >= 15 is 0 Å². The molecule has 21 heavy (non-hydrogen) atoms. The van der Waals surface area contributed by atoms with Gasteiger partial charge in [0.15, 0.2) is 0 Å². The smallest absolute Gasteiger partial charge is 0.248 e. The zero-order valence-electron chi connectivity index (χ0n) is 13.9. The number of carbonyl (C=O) groups excluding carboxylic acids is 2. The Morgan fingerprint density at radius 3 is 2.43 bits per heavy atom. The molecule has 1 aliphatic carbocycles. The molecular formula is C17H30N2O2.